The summed E-state index contributed by atoms with van der Waals surface area (Å²) in [5.74, 6) is -0.255. The number of anilines is 1. The Balaban J connectivity index is 1.57. The van der Waals surface area contributed by atoms with Crippen molar-refractivity contribution in [3.05, 3.63) is 66.6 Å². The number of nitrogens with zero attached hydrogens (tertiary/aromatic N) is 4. The van der Waals surface area contributed by atoms with Crippen molar-refractivity contribution in [2.75, 3.05) is 5.32 Å². The van der Waals surface area contributed by atoms with Crippen molar-refractivity contribution in [1.29, 1.82) is 0 Å². The number of amides is 1. The lowest BCUT2D eigenvalue weighted by Gasteiger charge is -2.09. The number of carbonyl (C=O) groups excluding carboxylic acids is 1. The van der Waals surface area contributed by atoms with Crippen LogP contribution in [0.4, 0.5) is 5.69 Å². The molecule has 7 heteroatoms. The maximum Gasteiger partial charge on any atom is 0.274 e. The number of aromatic amines is 1. The topological polar surface area (TPSA) is 88.5 Å². The molecular formula is C17H14N6O. The molecule has 3 aromatic heterocycles. The third-order valence-electron chi connectivity index (χ3n) is 3.82. The van der Waals surface area contributed by atoms with Crippen LogP contribution in [0.3, 0.4) is 0 Å². The van der Waals surface area contributed by atoms with Crippen LogP contribution in [0.25, 0.3) is 16.6 Å². The molecule has 0 radical (unpaired) electrons. The number of benzene rings is 1. The summed E-state index contributed by atoms with van der Waals surface area (Å²) in [6.45, 7) is 1.94. The van der Waals surface area contributed by atoms with Crippen LogP contribution in [0.15, 0.2) is 55.4 Å². The Hall–Kier alpha value is -3.48. The molecule has 24 heavy (non-hydrogen) atoms. The fourth-order valence-corrected chi connectivity index (χ4v) is 2.51. The van der Waals surface area contributed by atoms with Crippen molar-refractivity contribution in [2.24, 2.45) is 0 Å². The molecule has 0 aliphatic carbocycles. The predicted molar refractivity (Wildman–Crippen MR) is 90.1 cm³/mol. The molecule has 0 fully saturated rings. The lowest BCUT2D eigenvalue weighted by Crippen LogP contribution is -2.14. The Labute approximate surface area is 137 Å². The van der Waals surface area contributed by atoms with E-state index < -0.39 is 0 Å². The van der Waals surface area contributed by atoms with E-state index in [2.05, 4.69) is 25.5 Å². The van der Waals surface area contributed by atoms with Gasteiger partial charge in [-0.15, -0.1) is 0 Å². The number of hydrogen-bond acceptors (Lipinski definition) is 4. The van der Waals surface area contributed by atoms with Crippen molar-refractivity contribution in [3.63, 3.8) is 0 Å². The molecule has 4 rings (SSSR count). The van der Waals surface area contributed by atoms with Crippen LogP contribution in [0.1, 0.15) is 16.1 Å². The third kappa shape index (κ3) is 2.52. The molecule has 1 amide bonds. The van der Waals surface area contributed by atoms with E-state index in [1.807, 2.05) is 35.9 Å². The van der Waals surface area contributed by atoms with Gasteiger partial charge < -0.3 is 9.88 Å². The molecular weight excluding hydrogens is 304 g/mol. The average molecular weight is 318 g/mol. The minimum Gasteiger partial charge on any atom is -0.320 e. The van der Waals surface area contributed by atoms with E-state index in [1.165, 1.54) is 0 Å². The summed E-state index contributed by atoms with van der Waals surface area (Å²) >= 11 is 0. The highest BCUT2D eigenvalue weighted by Gasteiger charge is 2.11. The van der Waals surface area contributed by atoms with Crippen molar-refractivity contribution in [3.8, 4) is 5.69 Å². The number of carbonyl (C=O) groups is 1. The number of hydrogen-bond donors (Lipinski definition) is 2. The zero-order valence-electron chi connectivity index (χ0n) is 12.9. The van der Waals surface area contributed by atoms with Crippen molar-refractivity contribution < 1.29 is 4.79 Å². The van der Waals surface area contributed by atoms with Gasteiger partial charge in [0.25, 0.3) is 5.91 Å². The molecule has 0 unspecified atom stereocenters. The second-order valence-electron chi connectivity index (χ2n) is 5.45. The molecule has 0 spiro atoms. The minimum atomic E-state index is -0.255. The Morgan fingerprint density at radius 2 is 2.17 bits per heavy atom. The normalized spacial score (nSPS) is 10.9. The summed E-state index contributed by atoms with van der Waals surface area (Å²) in [4.78, 5) is 20.6. The summed E-state index contributed by atoms with van der Waals surface area (Å²) in [5, 5.41) is 10.8. The van der Waals surface area contributed by atoms with E-state index in [9.17, 15) is 4.79 Å². The SMILES string of the molecule is Cc1cc2cn[nH]c2cc1NC(=O)c1ccc(-n2ccnc2)cn1. The van der Waals surface area contributed by atoms with Gasteiger partial charge in [-0.3, -0.25) is 9.89 Å². The molecule has 0 aliphatic rings. The van der Waals surface area contributed by atoms with Crippen LogP contribution in [-0.2, 0) is 0 Å². The minimum absolute atomic E-state index is 0.255. The molecule has 4 aromatic rings. The molecule has 0 bridgehead atoms. The molecule has 0 aliphatic heterocycles. The van der Waals surface area contributed by atoms with Gasteiger partial charge in [-0.1, -0.05) is 0 Å². The number of fused-ring (bicyclic) bond motifs is 1. The zero-order chi connectivity index (χ0) is 16.5. The number of aromatic nitrogens is 5. The fraction of sp³-hybridized carbons (Fsp3) is 0.0588. The number of aryl methyl sites for hydroxylation is 1. The van der Waals surface area contributed by atoms with Crippen molar-refractivity contribution in [2.45, 2.75) is 6.92 Å². The second-order valence-corrected chi connectivity index (χ2v) is 5.45. The number of nitrogens with one attached hydrogen (secondary N) is 2. The van der Waals surface area contributed by atoms with Gasteiger partial charge in [0.2, 0.25) is 0 Å². The fourth-order valence-electron chi connectivity index (χ4n) is 2.51. The zero-order valence-corrected chi connectivity index (χ0v) is 12.9. The first-order valence-electron chi connectivity index (χ1n) is 7.40. The van der Waals surface area contributed by atoms with Crippen molar-refractivity contribution >= 4 is 22.5 Å². The van der Waals surface area contributed by atoms with Crippen LogP contribution in [0.5, 0.6) is 0 Å². The molecule has 7 nitrogen and oxygen atoms in total. The molecule has 0 saturated heterocycles. The maximum absolute atomic E-state index is 12.4. The van der Waals surface area contributed by atoms with Gasteiger partial charge in [0, 0.05) is 23.5 Å². The van der Waals surface area contributed by atoms with Crippen LogP contribution in [0, 0.1) is 6.92 Å². The van der Waals surface area contributed by atoms with Gasteiger partial charge in [-0.25, -0.2) is 9.97 Å². The van der Waals surface area contributed by atoms with Gasteiger partial charge in [0.15, 0.2) is 0 Å². The number of H-pyrrole nitrogens is 1. The number of imidazole rings is 1. The summed E-state index contributed by atoms with van der Waals surface area (Å²) in [6.07, 6.45) is 8.58. The summed E-state index contributed by atoms with van der Waals surface area (Å²) < 4.78 is 1.82. The van der Waals surface area contributed by atoms with E-state index in [1.54, 1.807) is 31.0 Å². The van der Waals surface area contributed by atoms with Crippen molar-refractivity contribution in [1.82, 2.24) is 24.7 Å². The summed E-state index contributed by atoms with van der Waals surface area (Å²) in [6, 6.07) is 7.36. The smallest absolute Gasteiger partial charge is 0.274 e. The Kier molecular flexibility index (Phi) is 3.31. The van der Waals surface area contributed by atoms with Gasteiger partial charge in [0.1, 0.15) is 5.69 Å². The Bertz CT molecular complexity index is 1000. The van der Waals surface area contributed by atoms with Gasteiger partial charge in [0.05, 0.1) is 29.9 Å². The number of pyridine rings is 1. The first kappa shape index (κ1) is 14.1. The largest absolute Gasteiger partial charge is 0.320 e. The summed E-state index contributed by atoms with van der Waals surface area (Å²) in [5.41, 5.74) is 3.77. The summed E-state index contributed by atoms with van der Waals surface area (Å²) in [7, 11) is 0. The standard InChI is InChI=1S/C17H14N6O/c1-11-6-12-8-20-22-16(12)7-15(11)21-17(24)14-3-2-13(9-19-14)23-5-4-18-10-23/h2-10H,1H3,(H,20,22)(H,21,24). The average Bonchev–Trinajstić information content (AvgIpc) is 3.26. The van der Waals surface area contributed by atoms with Crippen LogP contribution >= 0.6 is 0 Å². The molecule has 0 saturated carbocycles. The van der Waals surface area contributed by atoms with Gasteiger partial charge in [-0.2, -0.15) is 5.10 Å². The van der Waals surface area contributed by atoms with E-state index in [0.29, 0.717) is 5.69 Å². The van der Waals surface area contributed by atoms with E-state index in [-0.39, 0.29) is 5.91 Å². The van der Waals surface area contributed by atoms with Crippen LogP contribution in [0.2, 0.25) is 0 Å². The highest BCUT2D eigenvalue weighted by molar-refractivity contribution is 6.04. The molecule has 118 valence electrons. The maximum atomic E-state index is 12.4. The molecule has 2 N–H and O–H groups in total. The van der Waals surface area contributed by atoms with E-state index in [4.69, 9.17) is 0 Å². The van der Waals surface area contributed by atoms with Crippen LogP contribution < -0.4 is 5.32 Å². The van der Waals surface area contributed by atoms with E-state index >= 15 is 0 Å². The first-order chi connectivity index (χ1) is 11.7. The monoisotopic (exact) mass is 318 g/mol. The second kappa shape index (κ2) is 5.62. The van der Waals surface area contributed by atoms with Gasteiger partial charge in [-0.05, 0) is 36.8 Å². The van der Waals surface area contributed by atoms with Gasteiger partial charge >= 0.3 is 0 Å². The molecule has 3 heterocycles. The van der Waals surface area contributed by atoms with Crippen LogP contribution in [-0.4, -0.2) is 30.6 Å². The third-order valence-corrected chi connectivity index (χ3v) is 3.82. The lowest BCUT2D eigenvalue weighted by molar-refractivity contribution is 0.102. The quantitative estimate of drug-likeness (QED) is 0.608. The number of rotatable bonds is 3. The highest BCUT2D eigenvalue weighted by atomic mass is 16.1. The Morgan fingerprint density at radius 1 is 1.25 bits per heavy atom. The molecule has 0 atom stereocenters. The Morgan fingerprint density at radius 3 is 2.92 bits per heavy atom. The predicted octanol–water partition coefficient (Wildman–Crippen LogP) is 2.70. The lowest BCUT2D eigenvalue weighted by atomic mass is 10.1. The molecule has 1 aromatic carbocycles. The highest BCUT2D eigenvalue weighted by Crippen LogP contribution is 2.22. The van der Waals surface area contributed by atoms with E-state index in [0.717, 1.165) is 27.8 Å². The first-order valence-corrected chi connectivity index (χ1v) is 7.40.